The highest BCUT2D eigenvalue weighted by Gasteiger charge is 2.40. The van der Waals surface area contributed by atoms with Crippen LogP contribution < -0.4 is 14.8 Å². The number of nitrogens with one attached hydrogen (secondary N) is 1. The number of imide groups is 1. The summed E-state index contributed by atoms with van der Waals surface area (Å²) in [4.78, 5) is 70.2. The van der Waals surface area contributed by atoms with Gasteiger partial charge in [-0.2, -0.15) is 5.10 Å². The fourth-order valence-corrected chi connectivity index (χ4v) is 10.5. The van der Waals surface area contributed by atoms with Gasteiger partial charge < -0.3 is 38.4 Å². The van der Waals surface area contributed by atoms with E-state index in [-0.39, 0.29) is 61.8 Å². The number of aromatic carboxylic acids is 1. The zero-order valence-corrected chi connectivity index (χ0v) is 41.3. The molecule has 72 heavy (non-hydrogen) atoms. The maximum atomic E-state index is 14.0. The minimum atomic E-state index is -1.08. The van der Waals surface area contributed by atoms with Gasteiger partial charge >= 0.3 is 5.97 Å². The fourth-order valence-electron chi connectivity index (χ4n) is 10.3. The number of rotatable bonds is 20. The van der Waals surface area contributed by atoms with E-state index in [0.717, 1.165) is 33.1 Å². The molecule has 5 heterocycles. The van der Waals surface area contributed by atoms with Crippen molar-refractivity contribution in [2.75, 3.05) is 72.9 Å². The first kappa shape index (κ1) is 50.1. The predicted molar refractivity (Wildman–Crippen MR) is 266 cm³/mol. The molecular formula is C53H57ClFN7O10. The summed E-state index contributed by atoms with van der Waals surface area (Å²) in [5.41, 5.74) is 5.58. The second kappa shape index (κ2) is 21.9. The van der Waals surface area contributed by atoms with Crippen LogP contribution in [0.2, 0.25) is 5.02 Å². The summed E-state index contributed by atoms with van der Waals surface area (Å²) < 4.78 is 40.9. The lowest BCUT2D eigenvalue weighted by molar-refractivity contribution is -0.137. The molecule has 0 bridgehead atoms. The SMILES string of the molecule is COCCOCCn1nc(C)c(-c2c(Cl)ccc3c(CCCOc4cccc5cc(F)ccc45)c(C(=O)O)n(CCN4CCN(C(=O)COc5cccc6c5CN(C5CCC(=O)NC5=O)C6=O)CC4)c23)c1C. The van der Waals surface area contributed by atoms with Gasteiger partial charge in [0.1, 0.15) is 29.1 Å². The van der Waals surface area contributed by atoms with Gasteiger partial charge in [-0.25, -0.2) is 9.18 Å². The Labute approximate surface area is 420 Å². The monoisotopic (exact) mass is 1010 g/mol. The lowest BCUT2D eigenvalue weighted by Crippen LogP contribution is -2.52. The van der Waals surface area contributed by atoms with Crippen molar-refractivity contribution < 1.29 is 52.4 Å². The number of nitrogens with zero attached hydrogens (tertiary/aromatic N) is 6. The van der Waals surface area contributed by atoms with Gasteiger partial charge in [0.05, 0.1) is 55.8 Å². The Bertz CT molecular complexity index is 3070. The number of benzene rings is 4. The molecule has 3 aliphatic rings. The molecule has 2 N–H and O–H groups in total. The third-order valence-electron chi connectivity index (χ3n) is 13.9. The molecular weight excluding hydrogens is 949 g/mol. The van der Waals surface area contributed by atoms with Crippen LogP contribution in [0.1, 0.15) is 62.6 Å². The molecule has 2 aromatic heterocycles. The third kappa shape index (κ3) is 10.3. The summed E-state index contributed by atoms with van der Waals surface area (Å²) in [6.45, 7) is 8.53. The van der Waals surface area contributed by atoms with Gasteiger partial charge in [-0.15, -0.1) is 0 Å². The van der Waals surface area contributed by atoms with Crippen LogP contribution in [0.4, 0.5) is 4.39 Å². The minimum absolute atomic E-state index is 0.122. The second-order valence-electron chi connectivity index (χ2n) is 18.2. The summed E-state index contributed by atoms with van der Waals surface area (Å²) in [5.74, 6) is -1.84. The molecule has 1 unspecified atom stereocenters. The quantitative estimate of drug-likeness (QED) is 0.0632. The molecule has 19 heteroatoms. The number of piperazine rings is 1. The van der Waals surface area contributed by atoms with Crippen molar-refractivity contribution in [3.63, 3.8) is 0 Å². The molecule has 0 radical (unpaired) electrons. The van der Waals surface area contributed by atoms with Crippen LogP contribution in [0, 0.1) is 19.7 Å². The number of carboxylic acid groups (broad SMARTS) is 1. The Balaban J connectivity index is 0.917. The summed E-state index contributed by atoms with van der Waals surface area (Å²) >= 11 is 7.18. The van der Waals surface area contributed by atoms with Crippen molar-refractivity contribution in [1.82, 2.24) is 34.4 Å². The Kier molecular flexibility index (Phi) is 15.2. The average Bonchev–Trinajstić information content (AvgIpc) is 3.97. The van der Waals surface area contributed by atoms with E-state index >= 15 is 0 Å². The van der Waals surface area contributed by atoms with Crippen molar-refractivity contribution in [1.29, 1.82) is 0 Å². The molecule has 9 rings (SSSR count). The standard InChI is InChI=1S/C53H57ClFN7O10/c1-32-47(33(2)62(57-32)24-26-70-28-27-69-3)48-41(54)15-14-38-37(9-6-25-71-43-10-4-7-34-29-35(55)12-13-36(34)43)50(53(67)68)60(49(38)48)23-20-58-18-21-59(22-19-58)46(64)31-72-44-11-5-8-39-40(44)30-61(52(39)66)42-16-17-45(63)56-51(42)65/h4-5,7-8,10-15,29,42H,6,9,16-28,30-31H2,1-3H3,(H,67,68)(H,56,63,65). The van der Waals surface area contributed by atoms with E-state index in [1.165, 1.54) is 17.0 Å². The van der Waals surface area contributed by atoms with Crippen LogP contribution in [0.3, 0.4) is 0 Å². The molecule has 2 saturated heterocycles. The fraction of sp³-hybridized carbons (Fsp3) is 0.396. The number of aromatic nitrogens is 3. The first-order valence-electron chi connectivity index (χ1n) is 24.2. The molecule has 378 valence electrons. The van der Waals surface area contributed by atoms with E-state index in [1.54, 1.807) is 36.3 Å². The molecule has 1 atom stereocenters. The zero-order valence-electron chi connectivity index (χ0n) is 40.5. The van der Waals surface area contributed by atoms with Crippen LogP contribution in [-0.2, 0) is 49.9 Å². The molecule has 0 saturated carbocycles. The Hall–Kier alpha value is -6.86. The first-order valence-corrected chi connectivity index (χ1v) is 24.6. The molecule has 2 fully saturated rings. The van der Waals surface area contributed by atoms with E-state index in [9.17, 15) is 33.5 Å². The first-order chi connectivity index (χ1) is 34.8. The molecule has 4 amide bonds. The maximum absolute atomic E-state index is 14.0. The number of aryl methyl sites for hydroxylation is 2. The molecule has 0 aliphatic carbocycles. The highest BCUT2D eigenvalue weighted by Crippen LogP contribution is 2.42. The van der Waals surface area contributed by atoms with Gasteiger partial charge in [0.25, 0.3) is 11.8 Å². The minimum Gasteiger partial charge on any atom is -0.493 e. The Morgan fingerprint density at radius 1 is 0.875 bits per heavy atom. The average molecular weight is 1010 g/mol. The van der Waals surface area contributed by atoms with Gasteiger partial charge in [0, 0.05) is 91.5 Å². The summed E-state index contributed by atoms with van der Waals surface area (Å²) in [6.07, 6.45) is 1.24. The molecule has 4 aromatic carbocycles. The number of carboxylic acids is 1. The van der Waals surface area contributed by atoms with E-state index in [0.29, 0.717) is 123 Å². The zero-order chi connectivity index (χ0) is 50.6. The van der Waals surface area contributed by atoms with Crippen molar-refractivity contribution in [3.05, 3.63) is 111 Å². The number of halogens is 2. The Morgan fingerprint density at radius 3 is 2.43 bits per heavy atom. The predicted octanol–water partition coefficient (Wildman–Crippen LogP) is 6.42. The van der Waals surface area contributed by atoms with Crippen molar-refractivity contribution in [2.45, 2.75) is 65.2 Å². The van der Waals surface area contributed by atoms with Gasteiger partial charge in [-0.1, -0.05) is 35.9 Å². The topological polar surface area (TPSA) is 187 Å². The lowest BCUT2D eigenvalue weighted by Gasteiger charge is -2.35. The van der Waals surface area contributed by atoms with E-state index in [2.05, 4.69) is 10.2 Å². The van der Waals surface area contributed by atoms with Crippen LogP contribution in [-0.4, -0.2) is 143 Å². The molecule has 6 aromatic rings. The number of piperidine rings is 1. The number of carbonyl (C=O) groups is 5. The summed E-state index contributed by atoms with van der Waals surface area (Å²) in [5, 5.41) is 21.0. The normalized spacial score (nSPS) is 16.2. The molecule has 0 spiro atoms. The number of fused-ring (bicyclic) bond motifs is 3. The maximum Gasteiger partial charge on any atom is 0.352 e. The summed E-state index contributed by atoms with van der Waals surface area (Å²) in [7, 11) is 1.62. The van der Waals surface area contributed by atoms with Gasteiger partial charge in [0.15, 0.2) is 6.61 Å². The van der Waals surface area contributed by atoms with Gasteiger partial charge in [-0.3, -0.25) is 34.1 Å². The van der Waals surface area contributed by atoms with Gasteiger partial charge in [0.2, 0.25) is 11.8 Å². The van der Waals surface area contributed by atoms with Gasteiger partial charge in [-0.05, 0) is 86.5 Å². The smallest absolute Gasteiger partial charge is 0.352 e. The number of ether oxygens (including phenoxy) is 4. The number of hydrogen-bond donors (Lipinski definition) is 2. The van der Waals surface area contributed by atoms with Crippen molar-refractivity contribution in [3.8, 4) is 22.6 Å². The number of hydrogen-bond acceptors (Lipinski definition) is 11. The summed E-state index contributed by atoms with van der Waals surface area (Å²) in [6, 6.07) is 18.0. The van der Waals surface area contributed by atoms with Crippen LogP contribution in [0.25, 0.3) is 32.8 Å². The highest BCUT2D eigenvalue weighted by atomic mass is 35.5. The van der Waals surface area contributed by atoms with Crippen molar-refractivity contribution >= 4 is 62.9 Å². The van der Waals surface area contributed by atoms with Crippen LogP contribution >= 0.6 is 11.6 Å². The third-order valence-corrected chi connectivity index (χ3v) is 14.2. The van der Waals surface area contributed by atoms with Crippen LogP contribution in [0.5, 0.6) is 11.5 Å². The molecule has 17 nitrogen and oxygen atoms in total. The lowest BCUT2D eigenvalue weighted by atomic mass is 9.98. The second-order valence-corrected chi connectivity index (χ2v) is 18.7. The van der Waals surface area contributed by atoms with E-state index < -0.39 is 17.9 Å². The molecule has 3 aliphatic heterocycles. The highest BCUT2D eigenvalue weighted by molar-refractivity contribution is 6.35. The van der Waals surface area contributed by atoms with E-state index in [1.807, 2.05) is 53.4 Å². The number of methoxy groups -OCH3 is 1. The largest absolute Gasteiger partial charge is 0.493 e. The Morgan fingerprint density at radius 2 is 1.65 bits per heavy atom. The number of amides is 4. The van der Waals surface area contributed by atoms with Crippen LogP contribution in [0.15, 0.2) is 66.7 Å². The number of carbonyl (C=O) groups excluding carboxylic acids is 4. The van der Waals surface area contributed by atoms with E-state index in [4.69, 9.17) is 35.6 Å². The van der Waals surface area contributed by atoms with Crippen molar-refractivity contribution in [2.24, 2.45) is 0 Å².